The fraction of sp³-hybridized carbons (Fsp3) is 0.367. The van der Waals surface area contributed by atoms with Crippen LogP contribution in [0.2, 0.25) is 0 Å². The molecule has 5 rings (SSSR count). The van der Waals surface area contributed by atoms with E-state index in [4.69, 9.17) is 5.73 Å². The standard InChI is InChI=1S/C30H30F3N3O7/c1-36(2)23-17-9-14-8-16-20(24(38)19(14)26(40)29(17,43)27(41)21(25(23)39)28(34)42)18(37)10-15(22(16)30(31,32)33)12-35-11-13-6-4-3-5-7-13/h3-7,10,14,17,23,35,37-38,41,43H,8-9,11-12H2,1-2H3,(H2,34,42)/t14-,17-,23-,29-/m0/s1. The number of amides is 1. The van der Waals surface area contributed by atoms with E-state index in [0.29, 0.717) is 0 Å². The van der Waals surface area contributed by atoms with Crippen molar-refractivity contribution in [1.29, 1.82) is 0 Å². The summed E-state index contributed by atoms with van der Waals surface area (Å²) >= 11 is 0. The van der Waals surface area contributed by atoms with Gasteiger partial charge in [0, 0.05) is 24.6 Å². The van der Waals surface area contributed by atoms with Crippen molar-refractivity contribution in [3.8, 4) is 5.75 Å². The predicted molar refractivity (Wildman–Crippen MR) is 146 cm³/mol. The number of alkyl halides is 3. The first-order valence-corrected chi connectivity index (χ1v) is 13.4. The summed E-state index contributed by atoms with van der Waals surface area (Å²) in [5.74, 6) is -9.13. The van der Waals surface area contributed by atoms with Gasteiger partial charge < -0.3 is 31.5 Å². The van der Waals surface area contributed by atoms with Gasteiger partial charge in [0.05, 0.1) is 17.2 Å². The van der Waals surface area contributed by atoms with Crippen molar-refractivity contribution in [1.82, 2.24) is 10.2 Å². The molecule has 4 atom stereocenters. The van der Waals surface area contributed by atoms with E-state index in [1.165, 1.54) is 19.0 Å². The van der Waals surface area contributed by atoms with Gasteiger partial charge >= 0.3 is 6.18 Å². The molecular weight excluding hydrogens is 571 g/mol. The summed E-state index contributed by atoms with van der Waals surface area (Å²) in [7, 11) is 2.87. The highest BCUT2D eigenvalue weighted by Crippen LogP contribution is 2.54. The molecule has 0 spiro atoms. The topological polar surface area (TPSA) is 173 Å². The monoisotopic (exact) mass is 601 g/mol. The van der Waals surface area contributed by atoms with Gasteiger partial charge in [0.25, 0.3) is 5.91 Å². The normalized spacial score (nSPS) is 25.5. The lowest BCUT2D eigenvalue weighted by atomic mass is 9.57. The Morgan fingerprint density at radius 2 is 1.77 bits per heavy atom. The van der Waals surface area contributed by atoms with Crippen LogP contribution < -0.4 is 11.1 Å². The lowest BCUT2D eigenvalue weighted by Gasteiger charge is -2.50. The van der Waals surface area contributed by atoms with Gasteiger partial charge in [0.15, 0.2) is 11.4 Å². The van der Waals surface area contributed by atoms with Crippen LogP contribution in [0.25, 0.3) is 5.76 Å². The number of aromatic hydroxyl groups is 1. The molecule has 0 unspecified atom stereocenters. The number of Topliss-reactive ketones (excluding diaryl/α,β-unsaturated/α-hetero) is 2. The molecule has 10 nitrogen and oxygen atoms in total. The summed E-state index contributed by atoms with van der Waals surface area (Å²) in [5, 5.41) is 47.6. The third-order valence-corrected chi connectivity index (χ3v) is 8.58. The van der Waals surface area contributed by atoms with Crippen molar-refractivity contribution in [3.05, 3.63) is 81.1 Å². The maximum Gasteiger partial charge on any atom is 0.417 e. The molecule has 43 heavy (non-hydrogen) atoms. The molecule has 1 amide bonds. The van der Waals surface area contributed by atoms with Crippen LogP contribution in [-0.4, -0.2) is 68.5 Å². The Hall–Kier alpha value is -4.20. The van der Waals surface area contributed by atoms with E-state index in [0.717, 1.165) is 11.6 Å². The van der Waals surface area contributed by atoms with Crippen LogP contribution in [0.15, 0.2) is 53.3 Å². The molecule has 0 aromatic heterocycles. The quantitative estimate of drug-likeness (QED) is 0.272. The number of phenols is 1. The van der Waals surface area contributed by atoms with Crippen molar-refractivity contribution in [2.24, 2.45) is 17.6 Å². The number of primary amides is 1. The number of nitrogens with one attached hydrogen (secondary N) is 1. The van der Waals surface area contributed by atoms with Crippen molar-refractivity contribution < 1.29 is 48.0 Å². The summed E-state index contributed by atoms with van der Waals surface area (Å²) in [6, 6.07) is 8.48. The minimum Gasteiger partial charge on any atom is -0.508 e. The minimum atomic E-state index is -4.91. The van der Waals surface area contributed by atoms with Gasteiger partial charge in [-0.15, -0.1) is 0 Å². The number of nitrogens with zero attached hydrogens (tertiary/aromatic N) is 1. The molecule has 228 valence electrons. The number of fused-ring (bicyclic) bond motifs is 3. The highest BCUT2D eigenvalue weighted by atomic mass is 19.4. The summed E-state index contributed by atoms with van der Waals surface area (Å²) < 4.78 is 43.8. The maximum atomic E-state index is 14.6. The van der Waals surface area contributed by atoms with E-state index < -0.39 is 98.7 Å². The number of nitrogens with two attached hydrogens (primary N) is 1. The molecule has 7 N–H and O–H groups in total. The number of ketones is 2. The highest BCUT2D eigenvalue weighted by molar-refractivity contribution is 6.24. The lowest BCUT2D eigenvalue weighted by Crippen LogP contribution is -2.65. The zero-order valence-corrected chi connectivity index (χ0v) is 23.2. The second kappa shape index (κ2) is 10.5. The number of rotatable bonds is 6. The van der Waals surface area contributed by atoms with Gasteiger partial charge in [0.2, 0.25) is 5.78 Å². The molecule has 0 saturated heterocycles. The molecule has 0 heterocycles. The van der Waals surface area contributed by atoms with E-state index in [-0.39, 0.29) is 25.1 Å². The van der Waals surface area contributed by atoms with E-state index in [1.807, 2.05) is 0 Å². The summed E-state index contributed by atoms with van der Waals surface area (Å²) in [4.78, 5) is 40.5. The van der Waals surface area contributed by atoms with Crippen LogP contribution in [0.4, 0.5) is 13.2 Å². The fourth-order valence-corrected chi connectivity index (χ4v) is 6.81. The van der Waals surface area contributed by atoms with E-state index in [1.54, 1.807) is 30.3 Å². The second-order valence-corrected chi connectivity index (χ2v) is 11.3. The van der Waals surface area contributed by atoms with Crippen LogP contribution in [0.5, 0.6) is 5.75 Å². The molecule has 2 aromatic rings. The molecule has 0 radical (unpaired) electrons. The molecule has 3 aliphatic rings. The van der Waals surface area contributed by atoms with Crippen molar-refractivity contribution >= 4 is 23.2 Å². The summed E-state index contributed by atoms with van der Waals surface area (Å²) in [5.41, 5.74) is -0.670. The zero-order valence-electron chi connectivity index (χ0n) is 23.2. The van der Waals surface area contributed by atoms with Gasteiger partial charge in [-0.1, -0.05) is 30.3 Å². The number of likely N-dealkylation sites (N-methyl/N-ethyl adjacent to an activating group) is 1. The number of benzene rings is 2. The number of carbonyl (C=O) groups excluding carboxylic acids is 3. The molecular formula is C30H30F3N3O7. The first-order valence-electron chi connectivity index (χ1n) is 13.4. The largest absolute Gasteiger partial charge is 0.508 e. The van der Waals surface area contributed by atoms with Crippen molar-refractivity contribution in [2.75, 3.05) is 14.1 Å². The Morgan fingerprint density at radius 3 is 2.35 bits per heavy atom. The molecule has 1 fully saturated rings. The summed E-state index contributed by atoms with van der Waals surface area (Å²) in [6.45, 7) is -0.0351. The minimum absolute atomic E-state index is 0.243. The molecule has 3 aliphatic carbocycles. The molecule has 13 heteroatoms. The molecule has 0 aliphatic heterocycles. The number of aliphatic hydroxyl groups excluding tert-OH is 2. The van der Waals surface area contributed by atoms with Gasteiger partial charge in [-0.05, 0) is 55.6 Å². The Balaban J connectivity index is 1.64. The van der Waals surface area contributed by atoms with Crippen molar-refractivity contribution in [2.45, 2.75) is 43.8 Å². The predicted octanol–water partition coefficient (Wildman–Crippen LogP) is 2.27. The number of carbonyl (C=O) groups is 3. The van der Waals surface area contributed by atoms with Gasteiger partial charge in [-0.2, -0.15) is 13.2 Å². The Kier molecular flexibility index (Phi) is 7.39. The first kappa shape index (κ1) is 30.3. The van der Waals surface area contributed by atoms with Gasteiger partial charge in [0.1, 0.15) is 22.8 Å². The molecule has 0 bridgehead atoms. The number of hydrogen-bond acceptors (Lipinski definition) is 9. The number of halogens is 3. The average Bonchev–Trinajstić information content (AvgIpc) is 2.90. The van der Waals surface area contributed by atoms with Crippen LogP contribution in [-0.2, 0) is 40.1 Å². The average molecular weight is 602 g/mol. The zero-order chi connectivity index (χ0) is 31.6. The third-order valence-electron chi connectivity index (χ3n) is 8.58. The van der Waals surface area contributed by atoms with Crippen LogP contribution in [0.3, 0.4) is 0 Å². The third kappa shape index (κ3) is 4.67. The molecule has 2 aromatic carbocycles. The Morgan fingerprint density at radius 1 is 1.12 bits per heavy atom. The smallest absolute Gasteiger partial charge is 0.417 e. The fourth-order valence-electron chi connectivity index (χ4n) is 6.81. The van der Waals surface area contributed by atoms with Crippen LogP contribution in [0, 0.1) is 11.8 Å². The van der Waals surface area contributed by atoms with Gasteiger partial charge in [-0.25, -0.2) is 0 Å². The summed E-state index contributed by atoms with van der Waals surface area (Å²) in [6.07, 6.45) is -5.70. The van der Waals surface area contributed by atoms with Crippen LogP contribution >= 0.6 is 0 Å². The number of hydrogen-bond donors (Lipinski definition) is 6. The Labute approximate surface area is 243 Å². The molecule has 1 saturated carbocycles. The maximum absolute atomic E-state index is 14.6. The van der Waals surface area contributed by atoms with Crippen LogP contribution in [0.1, 0.15) is 34.2 Å². The van der Waals surface area contributed by atoms with Gasteiger partial charge in [-0.3, -0.25) is 19.3 Å². The first-order chi connectivity index (χ1) is 20.1. The number of phenolic OH excluding ortho intramolecular Hbond substituents is 1. The second-order valence-electron chi connectivity index (χ2n) is 11.3. The lowest BCUT2D eigenvalue weighted by molar-refractivity contribution is -0.153. The Bertz CT molecular complexity index is 1600. The van der Waals surface area contributed by atoms with E-state index in [9.17, 15) is 48.0 Å². The SMILES string of the molecule is CN(C)[C@@H]1C(=O)C(C(N)=O)=C(O)[C@@]2(O)C(=O)C3=C(O)c4c(O)cc(CNCc5ccccc5)c(C(F)(F)F)c4C[C@H]3C[C@@H]12. The van der Waals surface area contributed by atoms with Crippen molar-refractivity contribution in [3.63, 3.8) is 0 Å². The van der Waals surface area contributed by atoms with E-state index >= 15 is 0 Å². The van der Waals surface area contributed by atoms with E-state index in [2.05, 4.69) is 5.32 Å². The highest BCUT2D eigenvalue weighted by Gasteiger charge is 2.64. The number of aliphatic hydroxyl groups is 3.